The number of rotatable bonds is 5. The molecular weight excluding hydrogens is 613 g/mol. The molecule has 0 atom stereocenters. The van der Waals surface area contributed by atoms with E-state index in [9.17, 15) is 0 Å². The largest absolute Gasteiger partial charge is 0.309 e. The molecule has 0 amide bonds. The van der Waals surface area contributed by atoms with Gasteiger partial charge in [-0.3, -0.25) is 0 Å². The molecule has 0 unspecified atom stereocenters. The maximum Gasteiger partial charge on any atom is 0.120 e. The highest BCUT2D eigenvalue weighted by molar-refractivity contribution is 7.19. The molecule has 10 rings (SSSR count). The van der Waals surface area contributed by atoms with Gasteiger partial charge >= 0.3 is 0 Å². The van der Waals surface area contributed by atoms with Gasteiger partial charge in [0.1, 0.15) is 5.01 Å². The number of anilines is 3. The predicted octanol–water partition coefficient (Wildman–Crippen LogP) is 13.0. The van der Waals surface area contributed by atoms with Gasteiger partial charge in [0, 0.05) is 22.0 Å². The molecule has 232 valence electrons. The molecule has 0 saturated heterocycles. The number of fused-ring (bicyclic) bond motifs is 8. The Morgan fingerprint density at radius 2 is 1.33 bits per heavy atom. The molecule has 0 spiro atoms. The Hall–Kier alpha value is -5.77. The predicted molar refractivity (Wildman–Crippen MR) is 209 cm³/mol. The van der Waals surface area contributed by atoms with Gasteiger partial charge in [0.2, 0.25) is 0 Å². The molecule has 0 fully saturated rings. The summed E-state index contributed by atoms with van der Waals surface area (Å²) in [7, 11) is 0. The van der Waals surface area contributed by atoms with E-state index in [4.69, 9.17) is 4.98 Å². The lowest BCUT2D eigenvalue weighted by molar-refractivity contribution is 1.05. The van der Waals surface area contributed by atoms with Crippen LogP contribution in [0.4, 0.5) is 17.1 Å². The quantitative estimate of drug-likeness (QED) is 0.173. The smallest absolute Gasteiger partial charge is 0.120 e. The molecule has 0 saturated carbocycles. The zero-order valence-corrected chi connectivity index (χ0v) is 27.8. The molecule has 8 aromatic rings. The topological polar surface area (TPSA) is 16.1 Å². The fourth-order valence-corrected chi connectivity index (χ4v) is 8.91. The monoisotopic (exact) mass is 644 g/mol. The van der Waals surface area contributed by atoms with Crippen LogP contribution in [0.25, 0.3) is 59.6 Å². The highest BCUT2D eigenvalue weighted by Crippen LogP contribution is 2.46. The molecule has 2 nitrogen and oxygen atoms in total. The Balaban J connectivity index is 1.15. The van der Waals surface area contributed by atoms with Crippen molar-refractivity contribution < 1.29 is 0 Å². The first-order chi connectivity index (χ1) is 24.3. The van der Waals surface area contributed by atoms with Crippen molar-refractivity contribution in [3.05, 3.63) is 174 Å². The third-order valence-electron chi connectivity index (χ3n) is 10.2. The number of aromatic nitrogens is 1. The van der Waals surface area contributed by atoms with E-state index in [1.807, 2.05) is 11.3 Å². The zero-order valence-electron chi connectivity index (χ0n) is 26.9. The van der Waals surface area contributed by atoms with E-state index in [-0.39, 0.29) is 0 Å². The first kappa shape index (κ1) is 28.3. The minimum Gasteiger partial charge on any atom is -0.309 e. The highest BCUT2D eigenvalue weighted by Gasteiger charge is 2.23. The molecule has 0 aliphatic heterocycles. The van der Waals surface area contributed by atoms with E-state index in [1.54, 1.807) is 0 Å². The lowest BCUT2D eigenvalue weighted by Gasteiger charge is -2.29. The fraction of sp³-hybridized carbons (Fsp3) is 0.0652. The summed E-state index contributed by atoms with van der Waals surface area (Å²) in [6.07, 6.45) is 9.73. The van der Waals surface area contributed by atoms with Gasteiger partial charge in [-0.15, -0.1) is 11.3 Å². The van der Waals surface area contributed by atoms with Crippen molar-refractivity contribution >= 4 is 65.7 Å². The fourth-order valence-electron chi connectivity index (χ4n) is 7.87. The summed E-state index contributed by atoms with van der Waals surface area (Å²) in [5.41, 5.74) is 13.9. The first-order valence-corrected chi connectivity index (χ1v) is 17.9. The van der Waals surface area contributed by atoms with Gasteiger partial charge in [0.15, 0.2) is 0 Å². The molecular formula is C46H32N2S. The van der Waals surface area contributed by atoms with Crippen LogP contribution >= 0.6 is 11.3 Å². The van der Waals surface area contributed by atoms with Gasteiger partial charge in [-0.25, -0.2) is 4.98 Å². The molecule has 2 aliphatic carbocycles. The second kappa shape index (κ2) is 11.4. The van der Waals surface area contributed by atoms with Crippen LogP contribution in [-0.2, 0) is 6.42 Å². The van der Waals surface area contributed by atoms with Crippen LogP contribution in [-0.4, -0.2) is 4.98 Å². The number of thiazole rings is 1. The van der Waals surface area contributed by atoms with Crippen LogP contribution in [0.3, 0.4) is 0 Å². The third kappa shape index (κ3) is 4.65. The highest BCUT2D eigenvalue weighted by atomic mass is 32.1. The molecule has 0 radical (unpaired) electrons. The summed E-state index contributed by atoms with van der Waals surface area (Å²) >= 11 is 1.81. The van der Waals surface area contributed by atoms with Gasteiger partial charge in [0.05, 0.1) is 21.6 Å². The molecule has 7 aromatic carbocycles. The molecule has 2 aliphatic rings. The van der Waals surface area contributed by atoms with E-state index in [1.165, 1.54) is 65.2 Å². The minimum atomic E-state index is 0.975. The van der Waals surface area contributed by atoms with Crippen LogP contribution < -0.4 is 4.90 Å². The minimum absolute atomic E-state index is 0.975. The summed E-state index contributed by atoms with van der Waals surface area (Å²) in [4.78, 5) is 7.65. The summed E-state index contributed by atoms with van der Waals surface area (Å²) in [6, 6.07) is 51.3. The van der Waals surface area contributed by atoms with E-state index < -0.39 is 0 Å². The van der Waals surface area contributed by atoms with Gasteiger partial charge in [0.25, 0.3) is 0 Å². The number of hydrogen-bond donors (Lipinski definition) is 0. The number of hydrogen-bond acceptors (Lipinski definition) is 3. The van der Waals surface area contributed by atoms with Crippen molar-refractivity contribution in [2.24, 2.45) is 0 Å². The van der Waals surface area contributed by atoms with E-state index >= 15 is 0 Å². The van der Waals surface area contributed by atoms with Crippen molar-refractivity contribution in [3.8, 4) is 22.3 Å². The number of allylic oxidation sites excluding steroid dienone is 4. The van der Waals surface area contributed by atoms with Gasteiger partial charge < -0.3 is 4.90 Å². The maximum atomic E-state index is 5.21. The average molecular weight is 645 g/mol. The second-order valence-corrected chi connectivity index (χ2v) is 14.0. The standard InChI is InChI=1S/C46H32N2S/c1-3-12-30(13-4-1)46-47-45-41-25-24-40-38(39(41)26-27-44(45)49-46)19-11-21-43(40)48(34-15-5-2-6-16-34)42-20-10-9-18-37(42)32-22-23-36-33(29-32)28-31-14-7-8-17-35(31)36/h1-3,5-12,14-27,29H,4,13,28H2. The SMILES string of the molecule is C1=CCCC(c2nc3c(ccc4c5cccc(N(c6ccccc6)c6ccccc6-c6ccc7c(c6)Cc6ccccc6-7)c5ccc43)s2)=C1. The lowest BCUT2D eigenvalue weighted by atomic mass is 9.96. The molecule has 3 heteroatoms. The molecule has 0 bridgehead atoms. The van der Waals surface area contributed by atoms with Gasteiger partial charge in [-0.1, -0.05) is 127 Å². The van der Waals surface area contributed by atoms with Gasteiger partial charge in [-0.2, -0.15) is 0 Å². The van der Waals surface area contributed by atoms with Crippen LogP contribution in [0.15, 0.2) is 158 Å². The third-order valence-corrected chi connectivity index (χ3v) is 11.3. The molecule has 49 heavy (non-hydrogen) atoms. The Morgan fingerprint density at radius 1 is 0.571 bits per heavy atom. The molecule has 0 N–H and O–H groups in total. The first-order valence-electron chi connectivity index (χ1n) is 17.1. The Labute approximate surface area is 289 Å². The van der Waals surface area contributed by atoms with Crippen molar-refractivity contribution in [1.29, 1.82) is 0 Å². The summed E-state index contributed by atoms with van der Waals surface area (Å²) < 4.78 is 1.24. The Morgan fingerprint density at radius 3 is 2.22 bits per heavy atom. The van der Waals surface area contributed by atoms with Crippen LogP contribution in [0.2, 0.25) is 0 Å². The van der Waals surface area contributed by atoms with E-state index in [0.29, 0.717) is 0 Å². The lowest BCUT2D eigenvalue weighted by Crippen LogP contribution is -2.11. The van der Waals surface area contributed by atoms with E-state index in [2.05, 4.69) is 163 Å². The van der Waals surface area contributed by atoms with Crippen LogP contribution in [0.1, 0.15) is 29.0 Å². The Bertz CT molecular complexity index is 2640. The van der Waals surface area contributed by atoms with Crippen molar-refractivity contribution in [3.63, 3.8) is 0 Å². The molecule has 1 heterocycles. The van der Waals surface area contributed by atoms with Crippen molar-refractivity contribution in [2.45, 2.75) is 19.3 Å². The summed E-state index contributed by atoms with van der Waals surface area (Å²) in [5, 5.41) is 6.04. The van der Waals surface area contributed by atoms with Gasteiger partial charge in [-0.05, 0) is 93.8 Å². The summed E-state index contributed by atoms with van der Waals surface area (Å²) in [6.45, 7) is 0. The van der Waals surface area contributed by atoms with Crippen molar-refractivity contribution in [1.82, 2.24) is 4.98 Å². The second-order valence-electron chi connectivity index (χ2n) is 13.0. The van der Waals surface area contributed by atoms with Crippen LogP contribution in [0, 0.1) is 0 Å². The average Bonchev–Trinajstić information content (AvgIpc) is 3.78. The zero-order chi connectivity index (χ0) is 32.3. The van der Waals surface area contributed by atoms with E-state index in [0.717, 1.165) is 46.8 Å². The maximum absolute atomic E-state index is 5.21. The number of nitrogens with zero attached hydrogens (tertiary/aromatic N) is 2. The normalized spacial score (nSPS) is 13.5. The number of para-hydroxylation sites is 2. The summed E-state index contributed by atoms with van der Waals surface area (Å²) in [5.74, 6) is 0. The molecule has 1 aromatic heterocycles. The van der Waals surface area contributed by atoms with Crippen LogP contribution in [0.5, 0.6) is 0 Å². The Kier molecular flexibility index (Phi) is 6.60. The number of benzene rings is 7. The van der Waals surface area contributed by atoms with Crippen molar-refractivity contribution in [2.75, 3.05) is 4.90 Å².